The van der Waals surface area contributed by atoms with Crippen LogP contribution in [0.5, 0.6) is 0 Å². The first-order valence-corrected chi connectivity index (χ1v) is 8.07. The van der Waals surface area contributed by atoms with Crippen LogP contribution in [0.15, 0.2) is 0 Å². The molecule has 2 rings (SSSR count). The molecule has 2 saturated carbocycles. The summed E-state index contributed by atoms with van der Waals surface area (Å²) < 4.78 is 0. The fourth-order valence-electron chi connectivity index (χ4n) is 4.37. The fourth-order valence-corrected chi connectivity index (χ4v) is 4.37. The largest absolute Gasteiger partial charge is 0.330 e. The minimum atomic E-state index is 0.744. The predicted molar refractivity (Wildman–Crippen MR) is 78.5 cm³/mol. The first-order valence-electron chi connectivity index (χ1n) is 8.07. The molecule has 0 radical (unpaired) electrons. The Kier molecular flexibility index (Phi) is 5.08. The molecule has 0 amide bonds. The highest BCUT2D eigenvalue weighted by Crippen LogP contribution is 2.36. The summed E-state index contributed by atoms with van der Waals surface area (Å²) in [6.45, 7) is 5.78. The van der Waals surface area contributed by atoms with Crippen molar-refractivity contribution in [1.29, 1.82) is 0 Å². The third-order valence-electron chi connectivity index (χ3n) is 5.88. The van der Waals surface area contributed by atoms with Gasteiger partial charge in [0.25, 0.3) is 0 Å². The monoisotopic (exact) mass is 252 g/mol. The molecule has 0 spiro atoms. The summed E-state index contributed by atoms with van der Waals surface area (Å²) in [5.74, 6) is 2.49. The van der Waals surface area contributed by atoms with Crippen molar-refractivity contribution in [3.63, 3.8) is 0 Å². The standard InChI is InChI=1S/C16H32N2/c1-12-7-6-10-15(13(12)2)18(3)16-9-5-4-8-14(16)11-17/h12-16H,4-11,17H2,1-3H3. The van der Waals surface area contributed by atoms with E-state index in [2.05, 4.69) is 25.8 Å². The molecule has 0 aliphatic heterocycles. The van der Waals surface area contributed by atoms with E-state index in [-0.39, 0.29) is 0 Å². The van der Waals surface area contributed by atoms with Gasteiger partial charge in [-0.1, -0.05) is 39.5 Å². The highest BCUT2D eigenvalue weighted by molar-refractivity contribution is 4.90. The minimum absolute atomic E-state index is 0.744. The van der Waals surface area contributed by atoms with Crippen molar-refractivity contribution in [1.82, 2.24) is 4.90 Å². The van der Waals surface area contributed by atoms with E-state index in [1.807, 2.05) is 0 Å². The Morgan fingerprint density at radius 3 is 2.33 bits per heavy atom. The molecule has 2 fully saturated rings. The maximum absolute atomic E-state index is 6.00. The summed E-state index contributed by atoms with van der Waals surface area (Å²) in [7, 11) is 2.37. The topological polar surface area (TPSA) is 29.3 Å². The van der Waals surface area contributed by atoms with Gasteiger partial charge in [-0.3, -0.25) is 4.90 Å². The van der Waals surface area contributed by atoms with Gasteiger partial charge >= 0.3 is 0 Å². The van der Waals surface area contributed by atoms with Crippen LogP contribution in [-0.2, 0) is 0 Å². The Hall–Kier alpha value is -0.0800. The van der Waals surface area contributed by atoms with Crippen LogP contribution in [0.25, 0.3) is 0 Å². The van der Waals surface area contributed by atoms with Crippen molar-refractivity contribution >= 4 is 0 Å². The number of hydrogen-bond acceptors (Lipinski definition) is 2. The average molecular weight is 252 g/mol. The lowest BCUT2D eigenvalue weighted by atomic mass is 9.75. The molecular weight excluding hydrogens is 220 g/mol. The van der Waals surface area contributed by atoms with Gasteiger partial charge < -0.3 is 5.73 Å². The minimum Gasteiger partial charge on any atom is -0.330 e. The molecule has 5 unspecified atom stereocenters. The molecule has 2 heteroatoms. The second-order valence-electron chi connectivity index (χ2n) is 6.85. The molecule has 0 aromatic rings. The zero-order valence-electron chi connectivity index (χ0n) is 12.6. The van der Waals surface area contributed by atoms with Crippen LogP contribution in [0.3, 0.4) is 0 Å². The molecule has 0 heterocycles. The van der Waals surface area contributed by atoms with Crippen LogP contribution in [0.1, 0.15) is 58.8 Å². The van der Waals surface area contributed by atoms with Crippen LogP contribution in [0.4, 0.5) is 0 Å². The van der Waals surface area contributed by atoms with E-state index in [4.69, 9.17) is 5.73 Å². The van der Waals surface area contributed by atoms with E-state index >= 15 is 0 Å². The van der Waals surface area contributed by atoms with E-state index in [9.17, 15) is 0 Å². The van der Waals surface area contributed by atoms with Crippen LogP contribution in [0.2, 0.25) is 0 Å². The van der Waals surface area contributed by atoms with Gasteiger partial charge in [-0.05, 0) is 50.6 Å². The normalized spacial score (nSPS) is 42.2. The molecule has 18 heavy (non-hydrogen) atoms. The van der Waals surface area contributed by atoms with Gasteiger partial charge in [-0.25, -0.2) is 0 Å². The van der Waals surface area contributed by atoms with Gasteiger partial charge in [-0.2, -0.15) is 0 Å². The molecule has 0 aromatic carbocycles. The van der Waals surface area contributed by atoms with Crippen molar-refractivity contribution in [2.24, 2.45) is 23.5 Å². The quantitative estimate of drug-likeness (QED) is 0.835. The average Bonchev–Trinajstić information content (AvgIpc) is 2.41. The Balaban J connectivity index is 2.02. The lowest BCUT2D eigenvalue weighted by Gasteiger charge is -2.47. The molecule has 2 N–H and O–H groups in total. The number of nitrogens with zero attached hydrogens (tertiary/aromatic N) is 1. The van der Waals surface area contributed by atoms with Gasteiger partial charge in [0.2, 0.25) is 0 Å². The Morgan fingerprint density at radius 2 is 1.61 bits per heavy atom. The lowest BCUT2D eigenvalue weighted by Crippen LogP contribution is -2.51. The molecule has 5 atom stereocenters. The molecule has 0 bridgehead atoms. The van der Waals surface area contributed by atoms with Crippen LogP contribution < -0.4 is 5.73 Å². The third-order valence-corrected chi connectivity index (χ3v) is 5.88. The van der Waals surface area contributed by atoms with Gasteiger partial charge in [0.1, 0.15) is 0 Å². The maximum Gasteiger partial charge on any atom is 0.0136 e. The summed E-state index contributed by atoms with van der Waals surface area (Å²) in [5.41, 5.74) is 6.00. The molecule has 0 aromatic heterocycles. The summed E-state index contributed by atoms with van der Waals surface area (Å²) >= 11 is 0. The Labute approximate surface area is 113 Å². The summed E-state index contributed by atoms with van der Waals surface area (Å²) in [5, 5.41) is 0. The molecule has 2 aliphatic rings. The summed E-state index contributed by atoms with van der Waals surface area (Å²) in [4.78, 5) is 2.72. The Bertz CT molecular complexity index is 245. The van der Waals surface area contributed by atoms with Crippen molar-refractivity contribution in [2.75, 3.05) is 13.6 Å². The van der Waals surface area contributed by atoms with Crippen molar-refractivity contribution in [3.05, 3.63) is 0 Å². The van der Waals surface area contributed by atoms with E-state index in [1.165, 1.54) is 44.9 Å². The van der Waals surface area contributed by atoms with Gasteiger partial charge in [0.05, 0.1) is 0 Å². The lowest BCUT2D eigenvalue weighted by molar-refractivity contribution is 0.0309. The molecule has 2 nitrogen and oxygen atoms in total. The predicted octanol–water partition coefficient (Wildman–Crippen LogP) is 3.26. The summed E-state index contributed by atoms with van der Waals surface area (Å²) in [6.07, 6.45) is 9.76. The summed E-state index contributed by atoms with van der Waals surface area (Å²) in [6, 6.07) is 1.55. The second kappa shape index (κ2) is 6.38. The van der Waals surface area contributed by atoms with E-state index in [1.54, 1.807) is 0 Å². The number of nitrogens with two attached hydrogens (primary N) is 1. The highest BCUT2D eigenvalue weighted by atomic mass is 15.2. The van der Waals surface area contributed by atoms with Crippen molar-refractivity contribution < 1.29 is 0 Å². The molecular formula is C16H32N2. The van der Waals surface area contributed by atoms with E-state index < -0.39 is 0 Å². The maximum atomic E-state index is 6.00. The van der Waals surface area contributed by atoms with E-state index in [0.29, 0.717) is 0 Å². The van der Waals surface area contributed by atoms with Gasteiger partial charge in [0, 0.05) is 12.1 Å². The van der Waals surface area contributed by atoms with E-state index in [0.717, 1.165) is 36.4 Å². The van der Waals surface area contributed by atoms with Crippen molar-refractivity contribution in [2.45, 2.75) is 70.9 Å². The molecule has 106 valence electrons. The second-order valence-corrected chi connectivity index (χ2v) is 6.85. The zero-order chi connectivity index (χ0) is 13.1. The van der Waals surface area contributed by atoms with Crippen molar-refractivity contribution in [3.8, 4) is 0 Å². The molecule has 2 aliphatic carbocycles. The number of rotatable bonds is 3. The van der Waals surface area contributed by atoms with Crippen LogP contribution in [-0.4, -0.2) is 30.6 Å². The first kappa shape index (κ1) is 14.3. The van der Waals surface area contributed by atoms with Crippen LogP contribution >= 0.6 is 0 Å². The van der Waals surface area contributed by atoms with Gasteiger partial charge in [0.15, 0.2) is 0 Å². The highest BCUT2D eigenvalue weighted by Gasteiger charge is 2.36. The SMILES string of the molecule is CC1CCCC(N(C)C2CCCCC2CN)C1C. The zero-order valence-corrected chi connectivity index (χ0v) is 12.6. The molecule has 0 saturated heterocycles. The first-order chi connectivity index (χ1) is 8.65. The third kappa shape index (κ3) is 2.91. The fraction of sp³-hybridized carbons (Fsp3) is 1.00. The Morgan fingerprint density at radius 1 is 0.944 bits per heavy atom. The number of hydrogen-bond donors (Lipinski definition) is 1. The van der Waals surface area contributed by atoms with Crippen LogP contribution in [0, 0.1) is 17.8 Å². The van der Waals surface area contributed by atoms with Gasteiger partial charge in [-0.15, -0.1) is 0 Å². The smallest absolute Gasteiger partial charge is 0.0136 e.